The number of benzene rings is 1. The van der Waals surface area contributed by atoms with E-state index in [4.69, 9.17) is 23.2 Å². The molecular formula is C17H17Cl2N5O. The number of hydrazine groups is 1. The van der Waals surface area contributed by atoms with Gasteiger partial charge in [-0.05, 0) is 24.5 Å². The summed E-state index contributed by atoms with van der Waals surface area (Å²) in [4.78, 5) is 22.9. The maximum atomic E-state index is 12.8. The van der Waals surface area contributed by atoms with Gasteiger partial charge in [-0.1, -0.05) is 29.3 Å². The number of aromatic nitrogens is 2. The number of amides is 1. The Hall–Kier alpha value is -1.73. The Bertz CT molecular complexity index is 788. The molecule has 8 heteroatoms. The summed E-state index contributed by atoms with van der Waals surface area (Å²) in [6.07, 6.45) is 6.07. The standard InChI is InChI=1S/C17H17Cl2N5O/c18-13-3-1-2-12(15(13)19)17(25)24-5-4-11-14(8-24)22-23-16(11)10-6-20-9-21-7-10/h1-3,6-7,9,11,14,16,22-23H,4-5,8H2. The second-order valence-corrected chi connectivity index (χ2v) is 7.13. The van der Waals surface area contributed by atoms with E-state index >= 15 is 0 Å². The third-order valence-electron chi connectivity index (χ3n) is 4.93. The number of nitrogens with one attached hydrogen (secondary N) is 2. The molecule has 3 unspecified atom stereocenters. The lowest BCUT2D eigenvalue weighted by atomic mass is 9.85. The molecule has 2 aromatic rings. The molecule has 2 N–H and O–H groups in total. The van der Waals surface area contributed by atoms with Crippen LogP contribution in [0.15, 0.2) is 36.9 Å². The predicted molar refractivity (Wildman–Crippen MR) is 95.3 cm³/mol. The molecule has 130 valence electrons. The Balaban J connectivity index is 1.49. The van der Waals surface area contributed by atoms with E-state index in [0.717, 1.165) is 12.0 Å². The van der Waals surface area contributed by atoms with Gasteiger partial charge in [0.1, 0.15) is 6.33 Å². The Kier molecular flexibility index (Phi) is 4.60. The number of carbonyl (C=O) groups is 1. The molecule has 0 radical (unpaired) electrons. The van der Waals surface area contributed by atoms with E-state index in [1.165, 1.54) is 6.33 Å². The first-order chi connectivity index (χ1) is 12.1. The van der Waals surface area contributed by atoms with Crippen molar-refractivity contribution in [2.24, 2.45) is 5.92 Å². The Morgan fingerprint density at radius 1 is 1.20 bits per heavy atom. The quantitative estimate of drug-likeness (QED) is 0.840. The van der Waals surface area contributed by atoms with Crippen LogP contribution in [-0.2, 0) is 0 Å². The minimum atomic E-state index is -0.0840. The van der Waals surface area contributed by atoms with Crippen LogP contribution >= 0.6 is 23.2 Å². The van der Waals surface area contributed by atoms with Crippen molar-refractivity contribution >= 4 is 29.1 Å². The molecule has 1 aromatic heterocycles. The van der Waals surface area contributed by atoms with Gasteiger partial charge in [0.25, 0.3) is 5.91 Å². The third kappa shape index (κ3) is 3.11. The SMILES string of the molecule is O=C(c1cccc(Cl)c1Cl)N1CCC2C(C1)NNC2c1cncnc1. The molecule has 3 atom stereocenters. The number of carbonyl (C=O) groups excluding carboxylic acids is 1. The maximum Gasteiger partial charge on any atom is 0.255 e. The number of hydrogen-bond acceptors (Lipinski definition) is 5. The molecule has 0 bridgehead atoms. The smallest absolute Gasteiger partial charge is 0.255 e. The molecule has 1 aromatic carbocycles. The molecule has 25 heavy (non-hydrogen) atoms. The second-order valence-electron chi connectivity index (χ2n) is 6.35. The lowest BCUT2D eigenvalue weighted by molar-refractivity contribution is 0.0663. The van der Waals surface area contributed by atoms with Gasteiger partial charge in [-0.25, -0.2) is 15.4 Å². The van der Waals surface area contributed by atoms with Crippen LogP contribution in [0.1, 0.15) is 28.4 Å². The van der Waals surface area contributed by atoms with Crippen LogP contribution in [0.2, 0.25) is 10.0 Å². The molecule has 3 heterocycles. The van der Waals surface area contributed by atoms with Gasteiger partial charge in [0.05, 0.1) is 21.7 Å². The molecule has 0 spiro atoms. The topological polar surface area (TPSA) is 70.2 Å². The van der Waals surface area contributed by atoms with Crippen molar-refractivity contribution in [3.8, 4) is 0 Å². The summed E-state index contributed by atoms with van der Waals surface area (Å²) in [6, 6.07) is 5.46. The van der Waals surface area contributed by atoms with Crippen LogP contribution in [0.5, 0.6) is 0 Å². The fraction of sp³-hybridized carbons (Fsp3) is 0.353. The lowest BCUT2D eigenvalue weighted by Crippen LogP contribution is -2.49. The van der Waals surface area contributed by atoms with Gasteiger partial charge in [-0.15, -0.1) is 0 Å². The van der Waals surface area contributed by atoms with Crippen LogP contribution in [0.4, 0.5) is 0 Å². The lowest BCUT2D eigenvalue weighted by Gasteiger charge is -2.36. The van der Waals surface area contributed by atoms with Gasteiger partial charge in [0.2, 0.25) is 0 Å². The van der Waals surface area contributed by atoms with Crippen molar-refractivity contribution in [1.82, 2.24) is 25.7 Å². The molecule has 0 saturated carbocycles. The number of rotatable bonds is 2. The molecule has 2 aliphatic heterocycles. The first-order valence-electron chi connectivity index (χ1n) is 8.14. The van der Waals surface area contributed by atoms with E-state index in [9.17, 15) is 4.79 Å². The third-order valence-corrected chi connectivity index (χ3v) is 5.75. The first-order valence-corrected chi connectivity index (χ1v) is 8.90. The first kappa shape index (κ1) is 16.7. The summed E-state index contributed by atoms with van der Waals surface area (Å²) in [5.41, 5.74) is 8.14. The summed E-state index contributed by atoms with van der Waals surface area (Å²) in [5, 5.41) is 0.709. The zero-order valence-electron chi connectivity index (χ0n) is 13.3. The van der Waals surface area contributed by atoms with Gasteiger partial charge in [-0.3, -0.25) is 10.2 Å². The van der Waals surface area contributed by atoms with E-state index in [0.29, 0.717) is 34.6 Å². The minimum Gasteiger partial charge on any atom is -0.337 e. The van der Waals surface area contributed by atoms with E-state index in [2.05, 4.69) is 20.8 Å². The van der Waals surface area contributed by atoms with E-state index in [1.54, 1.807) is 18.2 Å². The van der Waals surface area contributed by atoms with Crippen molar-refractivity contribution in [1.29, 1.82) is 0 Å². The monoisotopic (exact) mass is 377 g/mol. The average molecular weight is 378 g/mol. The summed E-state index contributed by atoms with van der Waals surface area (Å²) >= 11 is 12.2. The highest BCUT2D eigenvalue weighted by molar-refractivity contribution is 6.43. The Labute approximate surface area is 155 Å². The zero-order chi connectivity index (χ0) is 17.4. The fourth-order valence-electron chi connectivity index (χ4n) is 3.65. The molecule has 0 aliphatic carbocycles. The number of hydrogen-bond donors (Lipinski definition) is 2. The summed E-state index contributed by atoms with van der Waals surface area (Å²) in [7, 11) is 0. The van der Waals surface area contributed by atoms with Crippen molar-refractivity contribution in [3.63, 3.8) is 0 Å². The van der Waals surface area contributed by atoms with Crippen molar-refractivity contribution in [2.75, 3.05) is 13.1 Å². The Morgan fingerprint density at radius 3 is 2.80 bits per heavy atom. The summed E-state index contributed by atoms with van der Waals surface area (Å²) in [5.74, 6) is 0.295. The molecule has 1 amide bonds. The van der Waals surface area contributed by atoms with Gasteiger partial charge in [0, 0.05) is 37.1 Å². The van der Waals surface area contributed by atoms with Gasteiger partial charge < -0.3 is 4.90 Å². The number of piperidine rings is 1. The molecule has 4 rings (SSSR count). The number of likely N-dealkylation sites (tertiary alicyclic amines) is 1. The molecule has 2 saturated heterocycles. The van der Waals surface area contributed by atoms with Gasteiger partial charge in [0.15, 0.2) is 0 Å². The minimum absolute atomic E-state index is 0.0840. The fourth-order valence-corrected chi connectivity index (χ4v) is 4.03. The van der Waals surface area contributed by atoms with Gasteiger partial charge >= 0.3 is 0 Å². The van der Waals surface area contributed by atoms with Crippen LogP contribution in [0, 0.1) is 5.92 Å². The number of fused-ring (bicyclic) bond motifs is 1. The largest absolute Gasteiger partial charge is 0.337 e. The molecule has 2 aliphatic rings. The van der Waals surface area contributed by atoms with E-state index < -0.39 is 0 Å². The Morgan fingerprint density at radius 2 is 2.00 bits per heavy atom. The molecular weight excluding hydrogens is 361 g/mol. The van der Waals surface area contributed by atoms with Gasteiger partial charge in [-0.2, -0.15) is 0 Å². The van der Waals surface area contributed by atoms with E-state index in [-0.39, 0.29) is 18.0 Å². The second kappa shape index (κ2) is 6.88. The van der Waals surface area contributed by atoms with Crippen LogP contribution in [0.25, 0.3) is 0 Å². The summed E-state index contributed by atoms with van der Waals surface area (Å²) in [6.45, 7) is 1.29. The van der Waals surface area contributed by atoms with Crippen molar-refractivity contribution < 1.29 is 4.79 Å². The highest BCUT2D eigenvalue weighted by Crippen LogP contribution is 2.35. The average Bonchev–Trinajstić information content (AvgIpc) is 3.07. The van der Waals surface area contributed by atoms with Crippen molar-refractivity contribution in [2.45, 2.75) is 18.5 Å². The maximum absolute atomic E-state index is 12.8. The highest BCUT2D eigenvalue weighted by Gasteiger charge is 2.41. The van der Waals surface area contributed by atoms with Crippen LogP contribution in [-0.4, -0.2) is 39.9 Å². The summed E-state index contributed by atoms with van der Waals surface area (Å²) < 4.78 is 0. The zero-order valence-corrected chi connectivity index (χ0v) is 14.8. The number of halogens is 2. The van der Waals surface area contributed by atoms with Crippen molar-refractivity contribution in [3.05, 3.63) is 58.1 Å². The predicted octanol–water partition coefficient (Wildman–Crippen LogP) is 2.46. The van der Waals surface area contributed by atoms with Crippen LogP contribution < -0.4 is 10.9 Å². The molecule has 2 fully saturated rings. The molecule has 6 nitrogen and oxygen atoms in total. The van der Waals surface area contributed by atoms with Crippen LogP contribution in [0.3, 0.4) is 0 Å². The number of nitrogens with zero attached hydrogens (tertiary/aromatic N) is 3. The highest BCUT2D eigenvalue weighted by atomic mass is 35.5. The van der Waals surface area contributed by atoms with E-state index in [1.807, 2.05) is 17.3 Å². The normalized spacial score (nSPS) is 25.7.